The molecule has 1 fully saturated rings. The van der Waals surface area contributed by atoms with E-state index in [1.807, 2.05) is 20.8 Å². The van der Waals surface area contributed by atoms with Gasteiger partial charge in [0, 0.05) is 31.3 Å². The predicted octanol–water partition coefficient (Wildman–Crippen LogP) is 3.13. The molecular weight excluding hydrogens is 426 g/mol. The molecule has 0 atom stereocenters. The minimum atomic E-state index is -3.42. The minimum Gasteiger partial charge on any atom is -0.393 e. The van der Waals surface area contributed by atoms with Crippen molar-refractivity contribution in [3.8, 4) is 0 Å². The fourth-order valence-corrected chi connectivity index (χ4v) is 4.27. The van der Waals surface area contributed by atoms with Crippen LogP contribution in [0, 0.1) is 0 Å². The zero-order chi connectivity index (χ0) is 23.0. The summed E-state index contributed by atoms with van der Waals surface area (Å²) in [4.78, 5) is 10.4. The van der Waals surface area contributed by atoms with Crippen LogP contribution in [0.3, 0.4) is 0 Å². The lowest BCUT2D eigenvalue weighted by Crippen LogP contribution is -2.30. The van der Waals surface area contributed by atoms with Gasteiger partial charge in [-0.1, -0.05) is 18.2 Å². The first-order chi connectivity index (χ1) is 14.3. The monoisotopic (exact) mass is 454 g/mol. The molecule has 11 heteroatoms. The molecule has 3 rings (SSSR count). The highest BCUT2D eigenvalue weighted by Gasteiger charge is 2.40. The molecule has 1 saturated heterocycles. The molecule has 1 aliphatic rings. The Kier molecular flexibility index (Phi) is 6.01. The molecule has 0 bridgehead atoms. The van der Waals surface area contributed by atoms with Crippen LogP contribution in [-0.4, -0.2) is 49.2 Å². The lowest BCUT2D eigenvalue weighted by atomic mass is 10.1. The number of halogens is 2. The molecule has 2 heterocycles. The normalized spacial score (nSPS) is 16.4. The second-order valence-corrected chi connectivity index (χ2v) is 10.8. The van der Waals surface area contributed by atoms with E-state index in [0.717, 1.165) is 6.26 Å². The predicted molar refractivity (Wildman–Crippen MR) is 118 cm³/mol. The van der Waals surface area contributed by atoms with Crippen LogP contribution in [0.4, 0.5) is 32.1 Å². The van der Waals surface area contributed by atoms with Gasteiger partial charge in [0.2, 0.25) is 5.95 Å². The number of hydrogen-bond donors (Lipinski definition) is 3. The van der Waals surface area contributed by atoms with Crippen LogP contribution in [-0.2, 0) is 16.4 Å². The number of alkyl halides is 2. The van der Waals surface area contributed by atoms with Crippen molar-refractivity contribution in [3.63, 3.8) is 0 Å². The Morgan fingerprint density at radius 1 is 1.23 bits per heavy atom. The van der Waals surface area contributed by atoms with E-state index in [-0.39, 0.29) is 53.2 Å². The summed E-state index contributed by atoms with van der Waals surface area (Å²) in [6.45, 7) is 5.55. The summed E-state index contributed by atoms with van der Waals surface area (Å²) in [7, 11) is -3.42. The third-order valence-electron chi connectivity index (χ3n) is 4.70. The molecule has 0 radical (unpaired) electrons. The van der Waals surface area contributed by atoms with Crippen LogP contribution >= 0.6 is 0 Å². The smallest absolute Gasteiger partial charge is 0.266 e. The summed E-state index contributed by atoms with van der Waals surface area (Å²) < 4.78 is 51.7. The van der Waals surface area contributed by atoms with E-state index < -0.39 is 22.3 Å². The van der Waals surface area contributed by atoms with Crippen LogP contribution in [0.25, 0.3) is 0 Å². The van der Waals surface area contributed by atoms with Crippen molar-refractivity contribution >= 4 is 33.1 Å². The summed E-state index contributed by atoms with van der Waals surface area (Å²) in [6.07, 6.45) is 0.866. The molecular formula is C20H28F2N6O2S. The van der Waals surface area contributed by atoms with E-state index >= 15 is 0 Å². The van der Waals surface area contributed by atoms with Gasteiger partial charge in [-0.15, -0.1) is 0 Å². The molecule has 0 unspecified atom stereocenters. The van der Waals surface area contributed by atoms with Gasteiger partial charge in [0.15, 0.2) is 21.5 Å². The largest absolute Gasteiger partial charge is 0.393 e. The average Bonchev–Trinajstić information content (AvgIpc) is 2.99. The van der Waals surface area contributed by atoms with Gasteiger partial charge in [-0.25, -0.2) is 17.2 Å². The van der Waals surface area contributed by atoms with Crippen molar-refractivity contribution in [2.75, 3.05) is 40.6 Å². The van der Waals surface area contributed by atoms with E-state index in [0.29, 0.717) is 5.56 Å². The third-order valence-corrected chi connectivity index (χ3v) is 5.90. The molecule has 0 amide bonds. The Morgan fingerprint density at radius 2 is 1.90 bits per heavy atom. The molecule has 31 heavy (non-hydrogen) atoms. The molecule has 0 saturated carbocycles. The van der Waals surface area contributed by atoms with Crippen molar-refractivity contribution in [1.29, 1.82) is 0 Å². The van der Waals surface area contributed by atoms with Gasteiger partial charge in [0.05, 0.1) is 11.4 Å². The Hall–Kier alpha value is -2.69. The molecule has 4 N–H and O–H groups in total. The van der Waals surface area contributed by atoms with Crippen molar-refractivity contribution in [2.45, 2.75) is 50.1 Å². The quantitative estimate of drug-likeness (QED) is 0.610. The number of nitrogens with two attached hydrogens (primary N) is 1. The first-order valence-electron chi connectivity index (χ1n) is 9.85. The molecule has 0 spiro atoms. The Balaban J connectivity index is 1.96. The van der Waals surface area contributed by atoms with Crippen molar-refractivity contribution in [3.05, 3.63) is 29.8 Å². The highest BCUT2D eigenvalue weighted by molar-refractivity contribution is 7.90. The standard InChI is InChI=1S/C20H28F2N6O2S/c1-19(2,3)27-18-25-16(15(23)17(26-18)28-10-9-20(21,22)12-28)24-11-13-7-5-6-8-14(13)31(4,29)30/h5-8H,9-12,23H2,1-4H3,(H2,24,25,26,27). The van der Waals surface area contributed by atoms with E-state index in [4.69, 9.17) is 5.73 Å². The molecule has 2 aromatic rings. The maximum Gasteiger partial charge on any atom is 0.266 e. The van der Waals surface area contributed by atoms with Crippen LogP contribution in [0.1, 0.15) is 32.8 Å². The van der Waals surface area contributed by atoms with Crippen LogP contribution < -0.4 is 21.3 Å². The van der Waals surface area contributed by atoms with Crippen LogP contribution in [0.2, 0.25) is 0 Å². The minimum absolute atomic E-state index is 0.125. The SMILES string of the molecule is CC(C)(C)Nc1nc(NCc2ccccc2S(C)(=O)=O)c(N)c(N2CCC(F)(F)C2)n1. The molecule has 1 aliphatic heterocycles. The Bertz CT molecular complexity index is 1070. The fourth-order valence-electron chi connectivity index (χ4n) is 3.33. The molecule has 8 nitrogen and oxygen atoms in total. The first kappa shape index (κ1) is 23.0. The summed E-state index contributed by atoms with van der Waals surface area (Å²) in [5, 5.41) is 6.20. The lowest BCUT2D eigenvalue weighted by Gasteiger charge is -2.25. The third kappa shape index (κ3) is 5.72. The zero-order valence-corrected chi connectivity index (χ0v) is 18.9. The maximum atomic E-state index is 13.8. The number of anilines is 4. The summed E-state index contributed by atoms with van der Waals surface area (Å²) in [6, 6.07) is 6.60. The number of nitrogen functional groups attached to an aromatic ring is 1. The number of hydrogen-bond acceptors (Lipinski definition) is 8. The summed E-state index contributed by atoms with van der Waals surface area (Å²) in [5.74, 6) is -2.10. The van der Waals surface area contributed by atoms with E-state index in [1.54, 1.807) is 18.2 Å². The highest BCUT2D eigenvalue weighted by Crippen LogP contribution is 2.36. The summed E-state index contributed by atoms with van der Waals surface area (Å²) in [5.41, 5.74) is 6.56. The Morgan fingerprint density at radius 3 is 2.48 bits per heavy atom. The number of nitrogens with zero attached hydrogens (tertiary/aromatic N) is 3. The van der Waals surface area contributed by atoms with Gasteiger partial charge in [0.25, 0.3) is 5.92 Å². The maximum absolute atomic E-state index is 13.8. The molecule has 1 aromatic carbocycles. The van der Waals surface area contributed by atoms with E-state index in [9.17, 15) is 17.2 Å². The van der Waals surface area contributed by atoms with Gasteiger partial charge in [0.1, 0.15) is 5.69 Å². The van der Waals surface area contributed by atoms with Gasteiger partial charge in [-0.05, 0) is 32.4 Å². The van der Waals surface area contributed by atoms with Crippen LogP contribution in [0.15, 0.2) is 29.2 Å². The van der Waals surface area contributed by atoms with Crippen molar-refractivity contribution in [2.24, 2.45) is 0 Å². The average molecular weight is 455 g/mol. The van der Waals surface area contributed by atoms with E-state index in [1.165, 1.54) is 11.0 Å². The van der Waals surface area contributed by atoms with Gasteiger partial charge < -0.3 is 21.3 Å². The van der Waals surface area contributed by atoms with Gasteiger partial charge in [-0.2, -0.15) is 9.97 Å². The molecule has 170 valence electrons. The Labute approximate surface area is 181 Å². The molecule has 0 aliphatic carbocycles. The van der Waals surface area contributed by atoms with Crippen molar-refractivity contribution < 1.29 is 17.2 Å². The van der Waals surface area contributed by atoms with Crippen LogP contribution in [0.5, 0.6) is 0 Å². The second-order valence-electron chi connectivity index (χ2n) is 8.77. The van der Waals surface area contributed by atoms with E-state index in [2.05, 4.69) is 20.6 Å². The second kappa shape index (κ2) is 8.10. The highest BCUT2D eigenvalue weighted by atomic mass is 32.2. The number of benzene rings is 1. The van der Waals surface area contributed by atoms with Crippen molar-refractivity contribution in [1.82, 2.24) is 9.97 Å². The van der Waals surface area contributed by atoms with Gasteiger partial charge in [-0.3, -0.25) is 0 Å². The number of sulfone groups is 1. The number of rotatable bonds is 6. The van der Waals surface area contributed by atoms with Gasteiger partial charge >= 0.3 is 0 Å². The first-order valence-corrected chi connectivity index (χ1v) is 11.7. The molecule has 1 aromatic heterocycles. The number of nitrogens with one attached hydrogen (secondary N) is 2. The zero-order valence-electron chi connectivity index (χ0n) is 18.0. The fraction of sp³-hybridized carbons (Fsp3) is 0.500. The number of aromatic nitrogens is 2. The lowest BCUT2D eigenvalue weighted by molar-refractivity contribution is 0.0257. The summed E-state index contributed by atoms with van der Waals surface area (Å²) >= 11 is 0. The topological polar surface area (TPSA) is 113 Å².